The Bertz CT molecular complexity index is 1390. The van der Waals surface area contributed by atoms with Crippen LogP contribution in [0.2, 0.25) is 0 Å². The molecule has 4 aromatic rings. The van der Waals surface area contributed by atoms with Crippen LogP contribution in [0, 0.1) is 5.92 Å². The molecule has 0 saturated heterocycles. The average Bonchev–Trinajstić information content (AvgIpc) is 3.61. The molecule has 2 heterocycles. The van der Waals surface area contributed by atoms with Gasteiger partial charge in [0, 0.05) is 17.7 Å². The minimum absolute atomic E-state index is 0.0154. The first-order valence-electron chi connectivity index (χ1n) is 10.9. The molecule has 1 fully saturated rings. The van der Waals surface area contributed by atoms with Crippen molar-refractivity contribution in [1.82, 2.24) is 9.38 Å². The third-order valence-electron chi connectivity index (χ3n) is 5.38. The molecule has 2 amide bonds. The van der Waals surface area contributed by atoms with Gasteiger partial charge in [0.15, 0.2) is 5.82 Å². The fraction of sp³-hybridized carbons (Fsp3) is 0.115. The molecule has 0 radical (unpaired) electrons. The third-order valence-corrected chi connectivity index (χ3v) is 5.38. The molecule has 0 spiro atoms. The third kappa shape index (κ3) is 4.75. The van der Waals surface area contributed by atoms with Crippen LogP contribution in [0.1, 0.15) is 23.2 Å². The van der Waals surface area contributed by atoms with Crippen LogP contribution in [-0.4, -0.2) is 21.2 Å². The summed E-state index contributed by atoms with van der Waals surface area (Å²) in [6.45, 7) is 3.65. The average molecular weight is 454 g/mol. The topological polar surface area (TPSA) is 96.8 Å². The van der Waals surface area contributed by atoms with E-state index in [-0.39, 0.29) is 17.7 Å². The Morgan fingerprint density at radius 2 is 1.85 bits per heavy atom. The maximum Gasteiger partial charge on any atom is 0.257 e. The van der Waals surface area contributed by atoms with Gasteiger partial charge in [-0.15, -0.1) is 0 Å². The van der Waals surface area contributed by atoms with Crippen molar-refractivity contribution in [2.24, 2.45) is 5.92 Å². The molecule has 2 aromatic carbocycles. The van der Waals surface area contributed by atoms with Gasteiger partial charge in [-0.3, -0.25) is 9.59 Å². The molecule has 0 atom stereocenters. The summed E-state index contributed by atoms with van der Waals surface area (Å²) >= 11 is 0. The normalized spacial score (nSPS) is 12.7. The summed E-state index contributed by atoms with van der Waals surface area (Å²) < 4.78 is 7.80. The number of carbonyl (C=O) groups excluding carboxylic acids is 2. The van der Waals surface area contributed by atoms with Gasteiger partial charge in [-0.25, -0.2) is 4.98 Å². The molecule has 170 valence electrons. The van der Waals surface area contributed by atoms with Crippen LogP contribution in [0.25, 0.3) is 5.65 Å². The number of ether oxygens (including phenoxy) is 1. The van der Waals surface area contributed by atoms with E-state index in [0.717, 1.165) is 12.8 Å². The number of nitrogens with one attached hydrogen (secondary N) is 3. The van der Waals surface area contributed by atoms with Crippen molar-refractivity contribution >= 4 is 34.7 Å². The van der Waals surface area contributed by atoms with E-state index in [2.05, 4.69) is 27.5 Å². The summed E-state index contributed by atoms with van der Waals surface area (Å²) in [5.41, 5.74) is 2.48. The van der Waals surface area contributed by atoms with E-state index in [1.165, 1.54) is 6.20 Å². The Kier molecular flexibility index (Phi) is 5.70. The van der Waals surface area contributed by atoms with Gasteiger partial charge in [-0.2, -0.15) is 0 Å². The molecule has 0 bridgehead atoms. The Morgan fingerprint density at radius 1 is 1.00 bits per heavy atom. The molecule has 5 rings (SSSR count). The van der Waals surface area contributed by atoms with Gasteiger partial charge in [0.2, 0.25) is 5.91 Å². The van der Waals surface area contributed by atoms with Gasteiger partial charge in [0.1, 0.15) is 17.1 Å². The molecular formula is C26H23N5O3. The molecular weight excluding hydrogens is 430 g/mol. The lowest BCUT2D eigenvalue weighted by Gasteiger charge is -2.11. The van der Waals surface area contributed by atoms with E-state index in [1.54, 1.807) is 53.2 Å². The fourth-order valence-electron chi connectivity index (χ4n) is 3.55. The van der Waals surface area contributed by atoms with Crippen molar-refractivity contribution in [2.75, 3.05) is 16.0 Å². The van der Waals surface area contributed by atoms with Crippen LogP contribution in [0.15, 0.2) is 85.8 Å². The lowest BCUT2D eigenvalue weighted by atomic mass is 10.1. The van der Waals surface area contributed by atoms with Crippen LogP contribution in [-0.2, 0) is 4.79 Å². The predicted octanol–water partition coefficient (Wildman–Crippen LogP) is 5.28. The summed E-state index contributed by atoms with van der Waals surface area (Å²) in [6, 6.07) is 18.0. The lowest BCUT2D eigenvalue weighted by molar-refractivity contribution is -0.117. The van der Waals surface area contributed by atoms with Gasteiger partial charge in [0.25, 0.3) is 5.91 Å². The van der Waals surface area contributed by atoms with Gasteiger partial charge in [-0.1, -0.05) is 24.8 Å². The number of imidazole rings is 1. The molecule has 1 aliphatic carbocycles. The summed E-state index contributed by atoms with van der Waals surface area (Å²) in [6.07, 6.45) is 6.96. The van der Waals surface area contributed by atoms with Crippen molar-refractivity contribution in [3.63, 3.8) is 0 Å². The SMILES string of the molecule is C=CNc1ccccc1C(=O)Nc1cccc(Oc2ccc3nc(NC(=O)C4CC4)cn3c2)c1. The number of fused-ring (bicyclic) bond motifs is 1. The first-order chi connectivity index (χ1) is 16.6. The zero-order valence-electron chi connectivity index (χ0n) is 18.3. The first-order valence-corrected chi connectivity index (χ1v) is 10.9. The van der Waals surface area contributed by atoms with Crippen LogP contribution in [0.4, 0.5) is 17.2 Å². The van der Waals surface area contributed by atoms with Crippen LogP contribution >= 0.6 is 0 Å². The molecule has 3 N–H and O–H groups in total. The smallest absolute Gasteiger partial charge is 0.257 e. The van der Waals surface area contributed by atoms with Crippen molar-refractivity contribution in [2.45, 2.75) is 12.8 Å². The number of hydrogen-bond acceptors (Lipinski definition) is 5. The highest BCUT2D eigenvalue weighted by Crippen LogP contribution is 2.30. The van der Waals surface area contributed by atoms with Crippen molar-refractivity contribution in [3.05, 3.63) is 91.4 Å². The van der Waals surface area contributed by atoms with Crippen molar-refractivity contribution in [1.29, 1.82) is 0 Å². The van der Waals surface area contributed by atoms with Gasteiger partial charge in [0.05, 0.1) is 23.6 Å². The quantitative estimate of drug-likeness (QED) is 0.337. The fourth-order valence-corrected chi connectivity index (χ4v) is 3.55. The number of pyridine rings is 1. The van der Waals surface area contributed by atoms with Crippen molar-refractivity contribution < 1.29 is 14.3 Å². The molecule has 0 aliphatic heterocycles. The second-order valence-electron chi connectivity index (χ2n) is 8.00. The Hall–Kier alpha value is -4.59. The summed E-state index contributed by atoms with van der Waals surface area (Å²) in [5, 5.41) is 8.72. The van der Waals surface area contributed by atoms with E-state index in [4.69, 9.17) is 4.74 Å². The van der Waals surface area contributed by atoms with Gasteiger partial charge in [-0.05, 0) is 55.4 Å². The number of rotatable bonds is 8. The highest BCUT2D eigenvalue weighted by atomic mass is 16.5. The summed E-state index contributed by atoms with van der Waals surface area (Å²) in [5.74, 6) is 1.56. The Labute approximate surface area is 196 Å². The number of nitrogens with zero attached hydrogens (tertiary/aromatic N) is 2. The molecule has 8 nitrogen and oxygen atoms in total. The highest BCUT2D eigenvalue weighted by molar-refractivity contribution is 6.08. The first kappa shape index (κ1) is 21.3. The Morgan fingerprint density at radius 3 is 2.68 bits per heavy atom. The second kappa shape index (κ2) is 9.11. The summed E-state index contributed by atoms with van der Waals surface area (Å²) in [7, 11) is 0. The molecule has 1 saturated carbocycles. The summed E-state index contributed by atoms with van der Waals surface area (Å²) in [4.78, 5) is 29.2. The Balaban J connectivity index is 1.29. The van der Waals surface area contributed by atoms with Crippen LogP contribution in [0.5, 0.6) is 11.5 Å². The number of anilines is 3. The van der Waals surface area contributed by atoms with E-state index in [9.17, 15) is 9.59 Å². The van der Waals surface area contributed by atoms with E-state index < -0.39 is 0 Å². The molecule has 1 aliphatic rings. The van der Waals surface area contributed by atoms with Gasteiger partial charge < -0.3 is 25.1 Å². The minimum Gasteiger partial charge on any atom is -0.456 e. The number of carbonyl (C=O) groups is 2. The number of amides is 2. The van der Waals surface area contributed by atoms with E-state index in [1.807, 2.05) is 24.3 Å². The number of aromatic nitrogens is 2. The van der Waals surface area contributed by atoms with E-state index in [0.29, 0.717) is 39.9 Å². The maximum atomic E-state index is 12.8. The largest absolute Gasteiger partial charge is 0.456 e. The van der Waals surface area contributed by atoms with E-state index >= 15 is 0 Å². The number of benzene rings is 2. The van der Waals surface area contributed by atoms with Crippen LogP contribution < -0.4 is 20.7 Å². The minimum atomic E-state index is -0.247. The lowest BCUT2D eigenvalue weighted by Crippen LogP contribution is -2.13. The van der Waals surface area contributed by atoms with Crippen LogP contribution in [0.3, 0.4) is 0 Å². The number of para-hydroxylation sites is 1. The molecule has 8 heteroatoms. The van der Waals surface area contributed by atoms with Gasteiger partial charge >= 0.3 is 0 Å². The zero-order chi connectivity index (χ0) is 23.5. The predicted molar refractivity (Wildman–Crippen MR) is 131 cm³/mol. The molecule has 0 unspecified atom stereocenters. The highest BCUT2D eigenvalue weighted by Gasteiger charge is 2.30. The zero-order valence-corrected chi connectivity index (χ0v) is 18.3. The standard InChI is InChI=1S/C26H23N5O3/c1-2-27-22-9-4-3-8-21(22)26(33)28-18-6-5-7-19(14-18)34-20-12-13-24-29-23(16-31(24)15-20)30-25(32)17-10-11-17/h2-9,12-17,27H,1,10-11H2,(H,28,33)(H,30,32). The maximum absolute atomic E-state index is 12.8. The monoisotopic (exact) mass is 453 g/mol. The number of hydrogen-bond donors (Lipinski definition) is 3. The van der Waals surface area contributed by atoms with Crippen molar-refractivity contribution in [3.8, 4) is 11.5 Å². The second-order valence-corrected chi connectivity index (χ2v) is 8.00. The molecule has 2 aromatic heterocycles. The molecule has 34 heavy (non-hydrogen) atoms.